The zero-order valence-corrected chi connectivity index (χ0v) is 18.7. The van der Waals surface area contributed by atoms with Crippen LogP contribution in [0.25, 0.3) is 0 Å². The van der Waals surface area contributed by atoms with Crippen LogP contribution < -0.4 is 9.62 Å². The second-order valence-electron chi connectivity index (χ2n) is 7.01. The van der Waals surface area contributed by atoms with E-state index in [2.05, 4.69) is 5.32 Å². The van der Waals surface area contributed by atoms with Crippen LogP contribution in [-0.2, 0) is 19.6 Å². The Balaban J connectivity index is 2.38. The van der Waals surface area contributed by atoms with E-state index in [-0.39, 0.29) is 13.0 Å². The molecule has 0 unspecified atom stereocenters. The van der Waals surface area contributed by atoms with Crippen LogP contribution in [0, 0.1) is 13.8 Å². The Labute approximate surface area is 178 Å². The van der Waals surface area contributed by atoms with Gasteiger partial charge in [0.1, 0.15) is 6.04 Å². The number of carbonyl (C=O) groups excluding carboxylic acids is 2. The second kappa shape index (κ2) is 9.75. The lowest BCUT2D eigenvalue weighted by Gasteiger charge is -2.30. The molecule has 0 radical (unpaired) electrons. The van der Waals surface area contributed by atoms with E-state index >= 15 is 0 Å². The van der Waals surface area contributed by atoms with Crippen molar-refractivity contribution < 1.29 is 22.7 Å². The molecule has 1 amide bonds. The lowest BCUT2D eigenvalue weighted by atomic mass is 10.1. The molecular weight excluding hydrogens is 404 g/mol. The fourth-order valence-electron chi connectivity index (χ4n) is 3.17. The van der Waals surface area contributed by atoms with Gasteiger partial charge >= 0.3 is 5.97 Å². The lowest BCUT2D eigenvalue weighted by molar-refractivity contribution is -0.117. The first-order chi connectivity index (χ1) is 14.1. The maximum atomic E-state index is 13.1. The number of esters is 1. The number of nitrogens with zero attached hydrogens (tertiary/aromatic N) is 1. The minimum absolute atomic E-state index is 0.243. The van der Waals surface area contributed by atoms with Crippen LogP contribution in [0.2, 0.25) is 0 Å². The van der Waals surface area contributed by atoms with Crippen LogP contribution in [0.15, 0.2) is 42.5 Å². The average molecular weight is 433 g/mol. The van der Waals surface area contributed by atoms with Gasteiger partial charge in [0.05, 0.1) is 24.1 Å². The van der Waals surface area contributed by atoms with E-state index in [0.717, 1.165) is 16.1 Å². The van der Waals surface area contributed by atoms with Gasteiger partial charge in [0.25, 0.3) is 0 Å². The lowest BCUT2D eigenvalue weighted by Crippen LogP contribution is -2.47. The Kier molecular flexibility index (Phi) is 7.61. The van der Waals surface area contributed by atoms with E-state index in [1.54, 1.807) is 63.2 Å². The number of anilines is 2. The van der Waals surface area contributed by atoms with Crippen molar-refractivity contribution >= 4 is 33.3 Å². The summed E-state index contributed by atoms with van der Waals surface area (Å²) in [5, 5.41) is 2.78. The summed E-state index contributed by atoms with van der Waals surface area (Å²) in [7, 11) is -3.72. The zero-order valence-electron chi connectivity index (χ0n) is 17.9. The largest absolute Gasteiger partial charge is 0.462 e. The summed E-state index contributed by atoms with van der Waals surface area (Å²) in [6.07, 6.45) is 1.35. The van der Waals surface area contributed by atoms with Gasteiger partial charge in [-0.25, -0.2) is 13.2 Å². The highest BCUT2D eigenvalue weighted by atomic mass is 32.2. The zero-order chi connectivity index (χ0) is 22.5. The number of carbonyl (C=O) groups is 2. The first-order valence-corrected chi connectivity index (χ1v) is 11.6. The van der Waals surface area contributed by atoms with Crippen molar-refractivity contribution in [2.45, 2.75) is 40.2 Å². The molecule has 0 bridgehead atoms. The predicted octanol–water partition coefficient (Wildman–Crippen LogP) is 3.66. The van der Waals surface area contributed by atoms with Gasteiger partial charge in [0.2, 0.25) is 15.9 Å². The van der Waals surface area contributed by atoms with Gasteiger partial charge in [-0.05, 0) is 57.0 Å². The van der Waals surface area contributed by atoms with Gasteiger partial charge in [-0.1, -0.05) is 30.7 Å². The number of ether oxygens (including phenoxy) is 1. The first-order valence-electron chi connectivity index (χ1n) is 9.73. The van der Waals surface area contributed by atoms with E-state index in [4.69, 9.17) is 4.74 Å². The number of amides is 1. The molecule has 0 heterocycles. The van der Waals surface area contributed by atoms with E-state index in [1.165, 1.54) is 0 Å². The molecule has 0 saturated carbocycles. The van der Waals surface area contributed by atoms with Gasteiger partial charge in [-0.15, -0.1) is 0 Å². The highest BCUT2D eigenvalue weighted by Gasteiger charge is 2.32. The second-order valence-corrected chi connectivity index (χ2v) is 8.87. The maximum absolute atomic E-state index is 13.1. The molecule has 2 rings (SSSR count). The number of aryl methyl sites for hydroxylation is 1. The molecule has 0 aromatic heterocycles. The van der Waals surface area contributed by atoms with Crippen molar-refractivity contribution in [2.24, 2.45) is 0 Å². The topological polar surface area (TPSA) is 92.8 Å². The van der Waals surface area contributed by atoms with Crippen molar-refractivity contribution in [3.8, 4) is 0 Å². The predicted molar refractivity (Wildman–Crippen MR) is 118 cm³/mol. The van der Waals surface area contributed by atoms with Crippen molar-refractivity contribution in [1.82, 2.24) is 0 Å². The van der Waals surface area contributed by atoms with Crippen LogP contribution in [-0.4, -0.2) is 39.2 Å². The van der Waals surface area contributed by atoms with Crippen LogP contribution in [0.4, 0.5) is 11.4 Å². The number of hydrogen-bond donors (Lipinski definition) is 1. The maximum Gasteiger partial charge on any atom is 0.338 e. The van der Waals surface area contributed by atoms with Crippen molar-refractivity contribution in [3.05, 3.63) is 59.2 Å². The number of rotatable bonds is 8. The summed E-state index contributed by atoms with van der Waals surface area (Å²) in [5.41, 5.74) is 2.74. The first kappa shape index (κ1) is 23.4. The van der Waals surface area contributed by atoms with E-state index in [0.29, 0.717) is 22.5 Å². The Hall–Kier alpha value is -2.87. The molecule has 1 N–H and O–H groups in total. The fourth-order valence-corrected chi connectivity index (χ4v) is 4.38. The van der Waals surface area contributed by atoms with Crippen LogP contribution in [0.5, 0.6) is 0 Å². The third-order valence-electron chi connectivity index (χ3n) is 4.71. The van der Waals surface area contributed by atoms with Crippen molar-refractivity contribution in [1.29, 1.82) is 0 Å². The van der Waals surface area contributed by atoms with Crippen LogP contribution >= 0.6 is 0 Å². The van der Waals surface area contributed by atoms with E-state index in [9.17, 15) is 18.0 Å². The standard InChI is InChI=1S/C22H28N2O5S/c1-6-20(24(30(5,27)28)17-13-11-15(3)12-14-17)21(25)23-19-10-8-9-18(16(19)4)22(26)29-7-2/h8-14,20H,6-7H2,1-5H3,(H,23,25)/t20-/m1/s1. The SMILES string of the molecule is CCOC(=O)c1cccc(NC(=O)[C@@H](CC)N(c2ccc(C)cc2)S(C)(=O)=O)c1C. The molecule has 0 aliphatic carbocycles. The number of benzene rings is 2. The summed E-state index contributed by atoms with van der Waals surface area (Å²) in [6.45, 7) is 7.32. The molecule has 0 aliphatic rings. The number of hydrogen-bond acceptors (Lipinski definition) is 5. The van der Waals surface area contributed by atoms with Crippen molar-refractivity contribution in [3.63, 3.8) is 0 Å². The Bertz CT molecular complexity index is 1020. The number of sulfonamides is 1. The molecule has 0 aliphatic heterocycles. The third kappa shape index (κ3) is 5.38. The normalized spacial score (nSPS) is 12.2. The molecule has 2 aromatic rings. The third-order valence-corrected chi connectivity index (χ3v) is 5.89. The van der Waals surface area contributed by atoms with Gasteiger partial charge in [-0.3, -0.25) is 9.10 Å². The molecule has 0 fully saturated rings. The van der Waals surface area contributed by atoms with E-state index < -0.39 is 27.9 Å². The minimum Gasteiger partial charge on any atom is -0.462 e. The Morgan fingerprint density at radius 3 is 2.23 bits per heavy atom. The smallest absolute Gasteiger partial charge is 0.338 e. The van der Waals surface area contributed by atoms with Crippen LogP contribution in [0.1, 0.15) is 41.8 Å². The van der Waals surface area contributed by atoms with E-state index in [1.807, 2.05) is 6.92 Å². The summed E-state index contributed by atoms with van der Waals surface area (Å²) in [5.74, 6) is -0.955. The van der Waals surface area contributed by atoms with Crippen LogP contribution in [0.3, 0.4) is 0 Å². The Morgan fingerprint density at radius 2 is 1.70 bits per heavy atom. The number of nitrogens with one attached hydrogen (secondary N) is 1. The minimum atomic E-state index is -3.72. The molecule has 7 nitrogen and oxygen atoms in total. The van der Waals surface area contributed by atoms with Gasteiger partial charge < -0.3 is 10.1 Å². The molecule has 1 atom stereocenters. The molecule has 0 saturated heterocycles. The molecule has 0 spiro atoms. The molecule has 2 aromatic carbocycles. The van der Waals surface area contributed by atoms with Gasteiger partial charge in [-0.2, -0.15) is 0 Å². The highest BCUT2D eigenvalue weighted by Crippen LogP contribution is 2.25. The fraction of sp³-hybridized carbons (Fsp3) is 0.364. The van der Waals surface area contributed by atoms with Gasteiger partial charge in [0, 0.05) is 5.69 Å². The molecule has 30 heavy (non-hydrogen) atoms. The summed E-state index contributed by atoms with van der Waals surface area (Å²) in [6, 6.07) is 10.9. The highest BCUT2D eigenvalue weighted by molar-refractivity contribution is 7.92. The Morgan fingerprint density at radius 1 is 1.07 bits per heavy atom. The molecular formula is C22H28N2O5S. The average Bonchev–Trinajstić information content (AvgIpc) is 2.67. The molecule has 162 valence electrons. The summed E-state index contributed by atoms with van der Waals surface area (Å²) < 4.78 is 31.3. The van der Waals surface area contributed by atoms with Gasteiger partial charge in [0.15, 0.2) is 0 Å². The molecule has 8 heteroatoms. The summed E-state index contributed by atoms with van der Waals surface area (Å²) in [4.78, 5) is 25.2. The quantitative estimate of drug-likeness (QED) is 0.643. The van der Waals surface area contributed by atoms with Crippen molar-refractivity contribution in [2.75, 3.05) is 22.5 Å². The summed E-state index contributed by atoms with van der Waals surface area (Å²) >= 11 is 0. The monoisotopic (exact) mass is 432 g/mol.